The van der Waals surface area contributed by atoms with Crippen LogP contribution in [0.3, 0.4) is 0 Å². The van der Waals surface area contributed by atoms with E-state index < -0.39 is 0 Å². The lowest BCUT2D eigenvalue weighted by atomic mass is 9.96. The highest BCUT2D eigenvalue weighted by Crippen LogP contribution is 2.28. The Labute approximate surface area is 88.1 Å². The molecule has 0 aromatic heterocycles. The number of likely N-dealkylation sites (N-methyl/N-ethyl adjacent to an activating group) is 1. The molecule has 2 fully saturated rings. The molecule has 1 aliphatic carbocycles. The normalized spacial score (nSPS) is 34.7. The first-order chi connectivity index (χ1) is 6.78. The summed E-state index contributed by atoms with van der Waals surface area (Å²) in [6.45, 7) is 9.72. The van der Waals surface area contributed by atoms with Gasteiger partial charge in [0.1, 0.15) is 0 Å². The third-order valence-electron chi connectivity index (χ3n) is 3.57. The number of rotatable bonds is 4. The number of hydrogen-bond donors (Lipinski definition) is 1. The van der Waals surface area contributed by atoms with Crippen LogP contribution in [0.5, 0.6) is 0 Å². The molecule has 2 unspecified atom stereocenters. The highest BCUT2D eigenvalue weighted by Gasteiger charge is 2.26. The van der Waals surface area contributed by atoms with Crippen molar-refractivity contribution in [3.63, 3.8) is 0 Å². The summed E-state index contributed by atoms with van der Waals surface area (Å²) in [5, 5.41) is 3.74. The molecular formula is C12H24N2. The molecule has 0 aromatic carbocycles. The predicted molar refractivity (Wildman–Crippen MR) is 60.4 cm³/mol. The van der Waals surface area contributed by atoms with E-state index in [1.807, 2.05) is 0 Å². The Hall–Kier alpha value is -0.0800. The molecule has 2 heteroatoms. The van der Waals surface area contributed by atoms with E-state index in [-0.39, 0.29) is 0 Å². The second kappa shape index (κ2) is 4.63. The van der Waals surface area contributed by atoms with E-state index in [1.54, 1.807) is 0 Å². The lowest BCUT2D eigenvalue weighted by Crippen LogP contribution is -2.48. The first-order valence-electron chi connectivity index (χ1n) is 6.23. The Kier molecular flexibility index (Phi) is 3.45. The fraction of sp³-hybridized carbons (Fsp3) is 1.00. The molecular weight excluding hydrogens is 172 g/mol. The quantitative estimate of drug-likeness (QED) is 0.736. The van der Waals surface area contributed by atoms with Crippen molar-refractivity contribution in [2.45, 2.75) is 39.2 Å². The second-order valence-electron chi connectivity index (χ2n) is 5.24. The molecule has 0 amide bonds. The van der Waals surface area contributed by atoms with Gasteiger partial charge in [-0.2, -0.15) is 0 Å². The van der Waals surface area contributed by atoms with Crippen molar-refractivity contribution in [2.24, 2.45) is 11.8 Å². The number of nitrogens with one attached hydrogen (secondary N) is 1. The van der Waals surface area contributed by atoms with Crippen LogP contribution in [0.4, 0.5) is 0 Å². The maximum Gasteiger partial charge on any atom is 0.0198 e. The van der Waals surface area contributed by atoms with Gasteiger partial charge in [0.2, 0.25) is 0 Å². The van der Waals surface area contributed by atoms with Crippen LogP contribution < -0.4 is 5.32 Å². The summed E-state index contributed by atoms with van der Waals surface area (Å²) in [6, 6.07) is 0.763. The van der Waals surface area contributed by atoms with Crippen LogP contribution in [0.25, 0.3) is 0 Å². The zero-order valence-corrected chi connectivity index (χ0v) is 9.63. The standard InChI is InChI=1S/C12H24N2/c1-3-14-8-10(2)6-12(9-14)13-7-11-4-5-11/h10-13H,3-9H2,1-2H3. The van der Waals surface area contributed by atoms with E-state index in [0.717, 1.165) is 17.9 Å². The third kappa shape index (κ3) is 2.96. The van der Waals surface area contributed by atoms with Gasteiger partial charge in [0.15, 0.2) is 0 Å². The van der Waals surface area contributed by atoms with Crippen LogP contribution in [-0.2, 0) is 0 Å². The minimum absolute atomic E-state index is 0.763. The summed E-state index contributed by atoms with van der Waals surface area (Å²) in [5.41, 5.74) is 0. The van der Waals surface area contributed by atoms with Crippen molar-refractivity contribution >= 4 is 0 Å². The Morgan fingerprint density at radius 3 is 2.71 bits per heavy atom. The fourth-order valence-corrected chi connectivity index (χ4v) is 2.52. The van der Waals surface area contributed by atoms with Crippen molar-refractivity contribution in [3.05, 3.63) is 0 Å². The van der Waals surface area contributed by atoms with Crippen LogP contribution in [0.15, 0.2) is 0 Å². The molecule has 1 saturated heterocycles. The van der Waals surface area contributed by atoms with Crippen LogP contribution in [0.1, 0.15) is 33.1 Å². The minimum Gasteiger partial charge on any atom is -0.312 e. The lowest BCUT2D eigenvalue weighted by Gasteiger charge is -2.36. The molecule has 0 aromatic rings. The molecule has 1 saturated carbocycles. The van der Waals surface area contributed by atoms with Crippen molar-refractivity contribution in [1.29, 1.82) is 0 Å². The highest BCUT2D eigenvalue weighted by molar-refractivity contribution is 4.84. The maximum atomic E-state index is 3.74. The Morgan fingerprint density at radius 2 is 2.07 bits per heavy atom. The highest BCUT2D eigenvalue weighted by atomic mass is 15.2. The smallest absolute Gasteiger partial charge is 0.0198 e. The molecule has 0 radical (unpaired) electrons. The van der Waals surface area contributed by atoms with Gasteiger partial charge in [-0.05, 0) is 44.2 Å². The average Bonchev–Trinajstić information content (AvgIpc) is 2.97. The Bertz CT molecular complexity index is 177. The summed E-state index contributed by atoms with van der Waals surface area (Å²) >= 11 is 0. The molecule has 2 aliphatic rings. The summed E-state index contributed by atoms with van der Waals surface area (Å²) in [7, 11) is 0. The van der Waals surface area contributed by atoms with Gasteiger partial charge in [-0.3, -0.25) is 0 Å². The topological polar surface area (TPSA) is 15.3 Å². The van der Waals surface area contributed by atoms with Crippen molar-refractivity contribution in [1.82, 2.24) is 10.2 Å². The van der Waals surface area contributed by atoms with E-state index in [4.69, 9.17) is 0 Å². The van der Waals surface area contributed by atoms with Gasteiger partial charge in [0, 0.05) is 19.1 Å². The molecule has 0 spiro atoms. The second-order valence-corrected chi connectivity index (χ2v) is 5.24. The van der Waals surface area contributed by atoms with Crippen LogP contribution in [0, 0.1) is 11.8 Å². The largest absolute Gasteiger partial charge is 0.312 e. The number of nitrogens with zero attached hydrogens (tertiary/aromatic N) is 1. The van der Waals surface area contributed by atoms with Crippen LogP contribution in [0.2, 0.25) is 0 Å². The van der Waals surface area contributed by atoms with Crippen LogP contribution in [-0.4, -0.2) is 37.1 Å². The third-order valence-corrected chi connectivity index (χ3v) is 3.57. The van der Waals surface area contributed by atoms with Crippen molar-refractivity contribution < 1.29 is 0 Å². The van der Waals surface area contributed by atoms with Gasteiger partial charge in [0.25, 0.3) is 0 Å². The lowest BCUT2D eigenvalue weighted by molar-refractivity contribution is 0.155. The molecule has 1 heterocycles. The van der Waals surface area contributed by atoms with Gasteiger partial charge < -0.3 is 10.2 Å². The molecule has 2 rings (SSSR count). The number of likely N-dealkylation sites (tertiary alicyclic amines) is 1. The summed E-state index contributed by atoms with van der Waals surface area (Å²) in [6.07, 6.45) is 4.31. The maximum absolute atomic E-state index is 3.74. The molecule has 1 aliphatic heterocycles. The van der Waals surface area contributed by atoms with Crippen LogP contribution >= 0.6 is 0 Å². The van der Waals surface area contributed by atoms with Gasteiger partial charge in [0.05, 0.1) is 0 Å². The van der Waals surface area contributed by atoms with E-state index in [0.29, 0.717) is 0 Å². The zero-order chi connectivity index (χ0) is 9.97. The first-order valence-corrected chi connectivity index (χ1v) is 6.23. The molecule has 14 heavy (non-hydrogen) atoms. The zero-order valence-electron chi connectivity index (χ0n) is 9.63. The monoisotopic (exact) mass is 196 g/mol. The van der Waals surface area contributed by atoms with E-state index in [1.165, 1.54) is 45.4 Å². The van der Waals surface area contributed by atoms with E-state index in [9.17, 15) is 0 Å². The van der Waals surface area contributed by atoms with Gasteiger partial charge in [-0.1, -0.05) is 13.8 Å². The summed E-state index contributed by atoms with van der Waals surface area (Å²) < 4.78 is 0. The fourth-order valence-electron chi connectivity index (χ4n) is 2.52. The van der Waals surface area contributed by atoms with Crippen molar-refractivity contribution in [2.75, 3.05) is 26.2 Å². The van der Waals surface area contributed by atoms with Gasteiger partial charge >= 0.3 is 0 Å². The number of piperidine rings is 1. The van der Waals surface area contributed by atoms with Crippen molar-refractivity contribution in [3.8, 4) is 0 Å². The molecule has 2 nitrogen and oxygen atoms in total. The van der Waals surface area contributed by atoms with E-state index >= 15 is 0 Å². The predicted octanol–water partition coefficient (Wildman–Crippen LogP) is 1.72. The summed E-state index contributed by atoms with van der Waals surface area (Å²) in [5.74, 6) is 1.89. The molecule has 2 atom stereocenters. The number of hydrogen-bond acceptors (Lipinski definition) is 2. The minimum atomic E-state index is 0.763. The molecule has 0 bridgehead atoms. The molecule has 1 N–H and O–H groups in total. The van der Waals surface area contributed by atoms with Gasteiger partial charge in [-0.15, -0.1) is 0 Å². The first kappa shape index (κ1) is 10.4. The van der Waals surface area contributed by atoms with Gasteiger partial charge in [-0.25, -0.2) is 0 Å². The molecule has 82 valence electrons. The summed E-state index contributed by atoms with van der Waals surface area (Å²) in [4.78, 5) is 2.58. The Morgan fingerprint density at radius 1 is 1.29 bits per heavy atom. The van der Waals surface area contributed by atoms with E-state index in [2.05, 4.69) is 24.1 Å². The average molecular weight is 196 g/mol. The Balaban J connectivity index is 1.72. The SMILES string of the molecule is CCN1CC(C)CC(NCC2CC2)C1.